The fourth-order valence-corrected chi connectivity index (χ4v) is 1.30. The average molecular weight is 208 g/mol. The number of nitrogens with zero attached hydrogens (tertiary/aromatic N) is 1. The van der Waals surface area contributed by atoms with Gasteiger partial charge in [0, 0.05) is 19.6 Å². The van der Waals surface area contributed by atoms with Crippen LogP contribution >= 0.6 is 0 Å². The summed E-state index contributed by atoms with van der Waals surface area (Å²) in [7, 11) is 1.63. The van der Waals surface area contributed by atoms with Crippen LogP contribution in [-0.4, -0.2) is 31.5 Å². The molecule has 0 unspecified atom stereocenters. The van der Waals surface area contributed by atoms with Crippen LogP contribution in [0.5, 0.6) is 5.75 Å². The predicted molar refractivity (Wildman–Crippen MR) is 58.5 cm³/mol. The molecule has 0 fully saturated rings. The van der Waals surface area contributed by atoms with Gasteiger partial charge in [-0.25, -0.2) is 0 Å². The van der Waals surface area contributed by atoms with Crippen LogP contribution in [0.4, 0.5) is 0 Å². The third kappa shape index (κ3) is 3.59. The maximum absolute atomic E-state index is 10.7. The number of rotatable bonds is 6. The van der Waals surface area contributed by atoms with E-state index < -0.39 is 0 Å². The van der Waals surface area contributed by atoms with Gasteiger partial charge >= 0.3 is 0 Å². The van der Waals surface area contributed by atoms with Gasteiger partial charge in [-0.3, -0.25) is 4.79 Å². The maximum Gasteiger partial charge on any atom is 0.210 e. The van der Waals surface area contributed by atoms with Crippen molar-refractivity contribution in [3.05, 3.63) is 29.8 Å². The summed E-state index contributed by atoms with van der Waals surface area (Å²) in [4.78, 5) is 12.3. The third-order valence-corrected chi connectivity index (χ3v) is 2.11. The van der Waals surface area contributed by atoms with E-state index in [4.69, 9.17) is 10.5 Å². The van der Waals surface area contributed by atoms with Gasteiger partial charge in [-0.1, -0.05) is 12.1 Å². The third-order valence-electron chi connectivity index (χ3n) is 2.11. The lowest BCUT2D eigenvalue weighted by molar-refractivity contribution is -0.118. The van der Waals surface area contributed by atoms with Gasteiger partial charge < -0.3 is 15.4 Å². The lowest BCUT2D eigenvalue weighted by Gasteiger charge is -2.16. The highest BCUT2D eigenvalue weighted by atomic mass is 16.5. The number of nitrogens with two attached hydrogens (primary N) is 1. The maximum atomic E-state index is 10.7. The summed E-state index contributed by atoms with van der Waals surface area (Å²) in [5.74, 6) is 0.815. The normalized spacial score (nSPS) is 9.73. The van der Waals surface area contributed by atoms with E-state index in [0.29, 0.717) is 19.6 Å². The second-order valence-electron chi connectivity index (χ2n) is 3.21. The van der Waals surface area contributed by atoms with Crippen LogP contribution in [0.25, 0.3) is 0 Å². The minimum atomic E-state index is 0.481. The van der Waals surface area contributed by atoms with Gasteiger partial charge in [0.2, 0.25) is 6.41 Å². The molecule has 1 aromatic carbocycles. The van der Waals surface area contributed by atoms with Gasteiger partial charge in [0.1, 0.15) is 5.75 Å². The summed E-state index contributed by atoms with van der Waals surface area (Å²) in [5, 5.41) is 0. The van der Waals surface area contributed by atoms with Crippen LogP contribution in [0.2, 0.25) is 0 Å². The Kier molecular flexibility index (Phi) is 4.63. The Morgan fingerprint density at radius 3 is 2.53 bits per heavy atom. The zero-order valence-electron chi connectivity index (χ0n) is 8.85. The Hall–Kier alpha value is -1.55. The highest BCUT2D eigenvalue weighted by molar-refractivity contribution is 5.47. The number of amides is 1. The van der Waals surface area contributed by atoms with Crippen molar-refractivity contribution in [3.8, 4) is 5.75 Å². The molecule has 0 aliphatic heterocycles. The Morgan fingerprint density at radius 2 is 2.07 bits per heavy atom. The van der Waals surface area contributed by atoms with Crippen molar-refractivity contribution in [2.45, 2.75) is 6.54 Å². The number of methoxy groups -OCH3 is 1. The second kappa shape index (κ2) is 6.03. The lowest BCUT2D eigenvalue weighted by Crippen LogP contribution is -2.27. The zero-order valence-corrected chi connectivity index (χ0v) is 8.85. The standard InChI is InChI=1S/C11H16N2O2/c1-15-11-4-2-10(3-5-11)8-13(9-14)7-6-12/h2-5,9H,6-8,12H2,1H3. The van der Waals surface area contributed by atoms with Crippen LogP contribution in [0, 0.1) is 0 Å². The minimum Gasteiger partial charge on any atom is -0.497 e. The Bertz CT molecular complexity index is 298. The van der Waals surface area contributed by atoms with Gasteiger partial charge in [0.15, 0.2) is 0 Å². The van der Waals surface area contributed by atoms with Crippen LogP contribution in [0.3, 0.4) is 0 Å². The number of carbonyl (C=O) groups is 1. The molecule has 1 rings (SSSR count). The SMILES string of the molecule is COc1ccc(CN(C=O)CCN)cc1. The number of benzene rings is 1. The van der Waals surface area contributed by atoms with Gasteiger partial charge in [0.25, 0.3) is 0 Å². The van der Waals surface area contributed by atoms with Gasteiger partial charge in [-0.15, -0.1) is 0 Å². The van der Waals surface area contributed by atoms with Crippen LogP contribution in [0.1, 0.15) is 5.56 Å². The molecule has 0 atom stereocenters. The van der Waals surface area contributed by atoms with Crippen LogP contribution in [0.15, 0.2) is 24.3 Å². The van der Waals surface area contributed by atoms with E-state index >= 15 is 0 Å². The number of hydrogen-bond acceptors (Lipinski definition) is 3. The Balaban J connectivity index is 2.58. The first-order valence-corrected chi connectivity index (χ1v) is 4.82. The van der Waals surface area contributed by atoms with Crippen molar-refractivity contribution in [3.63, 3.8) is 0 Å². The molecular weight excluding hydrogens is 192 g/mol. The van der Waals surface area contributed by atoms with E-state index in [1.54, 1.807) is 12.0 Å². The predicted octanol–water partition coefficient (Wildman–Crippen LogP) is 0.612. The highest BCUT2D eigenvalue weighted by Gasteiger charge is 2.01. The number of carbonyl (C=O) groups excluding carboxylic acids is 1. The molecule has 1 amide bonds. The quantitative estimate of drug-likeness (QED) is 0.697. The molecule has 1 aromatic rings. The van der Waals surface area contributed by atoms with Crippen LogP contribution < -0.4 is 10.5 Å². The molecule has 0 saturated heterocycles. The van der Waals surface area contributed by atoms with Crippen molar-refractivity contribution >= 4 is 6.41 Å². The fourth-order valence-electron chi connectivity index (χ4n) is 1.30. The lowest BCUT2D eigenvalue weighted by atomic mass is 10.2. The summed E-state index contributed by atoms with van der Waals surface area (Å²) in [6, 6.07) is 7.62. The Labute approximate surface area is 89.6 Å². The van der Waals surface area contributed by atoms with E-state index in [9.17, 15) is 4.79 Å². The van der Waals surface area contributed by atoms with Crippen molar-refractivity contribution in [1.29, 1.82) is 0 Å². The van der Waals surface area contributed by atoms with Crippen molar-refractivity contribution in [2.24, 2.45) is 5.73 Å². The summed E-state index contributed by atoms with van der Waals surface area (Å²) in [6.45, 7) is 1.65. The molecule has 2 N–H and O–H groups in total. The fraction of sp³-hybridized carbons (Fsp3) is 0.364. The van der Waals surface area contributed by atoms with E-state index in [1.807, 2.05) is 24.3 Å². The van der Waals surface area contributed by atoms with Crippen LogP contribution in [-0.2, 0) is 11.3 Å². The summed E-state index contributed by atoms with van der Waals surface area (Å²) in [5.41, 5.74) is 6.45. The zero-order chi connectivity index (χ0) is 11.1. The molecule has 0 aliphatic rings. The smallest absolute Gasteiger partial charge is 0.210 e. The van der Waals surface area contributed by atoms with Crippen molar-refractivity contribution < 1.29 is 9.53 Å². The van der Waals surface area contributed by atoms with Crippen molar-refractivity contribution in [2.75, 3.05) is 20.2 Å². The molecule has 4 nitrogen and oxygen atoms in total. The number of ether oxygens (including phenoxy) is 1. The molecule has 0 spiro atoms. The first kappa shape index (κ1) is 11.5. The molecular formula is C11H16N2O2. The second-order valence-corrected chi connectivity index (χ2v) is 3.21. The summed E-state index contributed by atoms with van der Waals surface area (Å²) < 4.78 is 5.04. The largest absolute Gasteiger partial charge is 0.497 e. The van der Waals surface area contributed by atoms with Gasteiger partial charge in [-0.05, 0) is 17.7 Å². The minimum absolute atomic E-state index is 0.481. The molecule has 15 heavy (non-hydrogen) atoms. The summed E-state index contributed by atoms with van der Waals surface area (Å²) >= 11 is 0. The van der Waals surface area contributed by atoms with E-state index in [0.717, 1.165) is 17.7 Å². The summed E-state index contributed by atoms with van der Waals surface area (Å²) in [6.07, 6.45) is 0.817. The first-order valence-electron chi connectivity index (χ1n) is 4.82. The molecule has 0 aromatic heterocycles. The molecule has 82 valence electrons. The molecule has 0 radical (unpaired) electrons. The Morgan fingerprint density at radius 1 is 1.40 bits per heavy atom. The number of hydrogen-bond donors (Lipinski definition) is 1. The van der Waals surface area contributed by atoms with Gasteiger partial charge in [0.05, 0.1) is 7.11 Å². The molecule has 0 heterocycles. The molecule has 0 bridgehead atoms. The average Bonchev–Trinajstić information content (AvgIpc) is 2.29. The van der Waals surface area contributed by atoms with Crippen molar-refractivity contribution in [1.82, 2.24) is 4.90 Å². The van der Waals surface area contributed by atoms with E-state index in [1.165, 1.54) is 0 Å². The molecule has 4 heteroatoms. The molecule has 0 saturated carbocycles. The first-order chi connectivity index (χ1) is 7.30. The monoisotopic (exact) mass is 208 g/mol. The van der Waals surface area contributed by atoms with E-state index in [-0.39, 0.29) is 0 Å². The molecule has 0 aliphatic carbocycles. The topological polar surface area (TPSA) is 55.6 Å². The highest BCUT2D eigenvalue weighted by Crippen LogP contribution is 2.12. The van der Waals surface area contributed by atoms with E-state index in [2.05, 4.69) is 0 Å². The van der Waals surface area contributed by atoms with Gasteiger partial charge in [-0.2, -0.15) is 0 Å².